The third kappa shape index (κ3) is 7.06. The number of anilines is 2. The summed E-state index contributed by atoms with van der Waals surface area (Å²) >= 11 is 0. The van der Waals surface area contributed by atoms with Crippen molar-refractivity contribution >= 4 is 43.9 Å². The molecule has 4 aromatic rings. The molecule has 0 spiro atoms. The Hall–Kier alpha value is -4.01. The first-order valence-corrected chi connectivity index (χ1v) is 14.1. The van der Waals surface area contributed by atoms with E-state index in [-0.39, 0.29) is 16.6 Å². The molecule has 196 valence electrons. The van der Waals surface area contributed by atoms with Crippen LogP contribution in [0.3, 0.4) is 0 Å². The number of nitrogens with one attached hydrogen (secondary N) is 3. The highest BCUT2D eigenvalue weighted by molar-refractivity contribution is 7.89. The smallest absolute Gasteiger partial charge is 0.251 e. The molecule has 0 bridgehead atoms. The summed E-state index contributed by atoms with van der Waals surface area (Å²) in [5, 5.41) is 8.42. The number of hydrogen-bond acceptors (Lipinski definition) is 5. The van der Waals surface area contributed by atoms with Crippen molar-refractivity contribution < 1.29 is 18.0 Å². The van der Waals surface area contributed by atoms with Gasteiger partial charge in [-0.15, -0.1) is 0 Å². The fraction of sp³-hybridized carbons (Fsp3) is 0.200. The number of Topliss-reactive ketones (excluding diaryl/α,β-unsaturated/α-hetero) is 1. The van der Waals surface area contributed by atoms with Crippen LogP contribution in [-0.4, -0.2) is 32.7 Å². The third-order valence-electron chi connectivity index (χ3n) is 6.22. The summed E-state index contributed by atoms with van der Waals surface area (Å²) in [5.74, 6) is -0.775. The zero-order valence-corrected chi connectivity index (χ0v) is 22.0. The average Bonchev–Trinajstić information content (AvgIpc) is 2.94. The van der Waals surface area contributed by atoms with Gasteiger partial charge in [0, 0.05) is 16.9 Å². The van der Waals surface area contributed by atoms with Gasteiger partial charge in [0.15, 0.2) is 5.78 Å². The molecule has 1 amide bonds. The lowest BCUT2D eigenvalue weighted by Gasteiger charge is -2.18. The van der Waals surface area contributed by atoms with Gasteiger partial charge in [0.05, 0.1) is 17.5 Å². The van der Waals surface area contributed by atoms with Gasteiger partial charge in [0.2, 0.25) is 10.0 Å². The van der Waals surface area contributed by atoms with E-state index in [4.69, 9.17) is 0 Å². The summed E-state index contributed by atoms with van der Waals surface area (Å²) in [5.41, 5.74) is 2.17. The number of carbonyl (C=O) groups excluding carboxylic acids is 2. The molecule has 4 rings (SSSR count). The molecule has 0 aliphatic heterocycles. The Morgan fingerprint density at radius 1 is 0.789 bits per heavy atom. The average molecular weight is 530 g/mol. The molecule has 0 saturated heterocycles. The molecule has 7 nitrogen and oxygen atoms in total. The van der Waals surface area contributed by atoms with Crippen molar-refractivity contribution in [3.05, 3.63) is 103 Å². The minimum absolute atomic E-state index is 0.0827. The molecule has 0 fully saturated rings. The van der Waals surface area contributed by atoms with Gasteiger partial charge in [-0.05, 0) is 65.7 Å². The maximum Gasteiger partial charge on any atom is 0.251 e. The van der Waals surface area contributed by atoms with Gasteiger partial charge in [-0.25, -0.2) is 13.1 Å². The Labute approximate surface area is 223 Å². The molecule has 0 saturated carbocycles. The SMILES string of the molecule is CCCCC(NC(=O)c1ccc(Nc2ccc3ccccc3c2)cc1)C(=O)CNS(=O)(=O)c1ccccc1. The predicted molar refractivity (Wildman–Crippen MR) is 151 cm³/mol. The molecule has 4 aromatic carbocycles. The van der Waals surface area contributed by atoms with Crippen LogP contribution in [0.15, 0.2) is 102 Å². The van der Waals surface area contributed by atoms with E-state index in [0.717, 1.165) is 35.0 Å². The van der Waals surface area contributed by atoms with Crippen LogP contribution >= 0.6 is 0 Å². The van der Waals surface area contributed by atoms with Gasteiger partial charge >= 0.3 is 0 Å². The number of rotatable bonds is 12. The Morgan fingerprint density at radius 2 is 1.45 bits per heavy atom. The number of sulfonamides is 1. The topological polar surface area (TPSA) is 104 Å². The van der Waals surface area contributed by atoms with Crippen molar-refractivity contribution in [3.8, 4) is 0 Å². The summed E-state index contributed by atoms with van der Waals surface area (Å²) in [7, 11) is -3.82. The van der Waals surface area contributed by atoms with Crippen LogP contribution in [0.4, 0.5) is 11.4 Å². The normalized spacial score (nSPS) is 12.1. The minimum atomic E-state index is -3.82. The highest BCUT2D eigenvalue weighted by Crippen LogP contribution is 2.22. The van der Waals surface area contributed by atoms with E-state index < -0.39 is 22.6 Å². The quantitative estimate of drug-likeness (QED) is 0.227. The monoisotopic (exact) mass is 529 g/mol. The maximum atomic E-state index is 12.9. The number of ketones is 1. The van der Waals surface area contributed by atoms with E-state index in [1.807, 2.05) is 31.2 Å². The zero-order valence-electron chi connectivity index (χ0n) is 21.2. The van der Waals surface area contributed by atoms with Crippen LogP contribution < -0.4 is 15.4 Å². The summed E-state index contributed by atoms with van der Waals surface area (Å²) < 4.78 is 27.3. The zero-order chi connectivity index (χ0) is 27.0. The summed E-state index contributed by atoms with van der Waals surface area (Å²) in [6.45, 7) is 1.59. The number of carbonyl (C=O) groups is 2. The lowest BCUT2D eigenvalue weighted by Crippen LogP contribution is -2.45. The van der Waals surface area contributed by atoms with Crippen LogP contribution in [0, 0.1) is 0 Å². The number of amides is 1. The van der Waals surface area contributed by atoms with Crippen LogP contribution in [0.1, 0.15) is 36.5 Å². The molecule has 0 aliphatic carbocycles. The number of unbranched alkanes of at least 4 members (excludes halogenated alkanes) is 1. The van der Waals surface area contributed by atoms with Crippen molar-refractivity contribution in [2.75, 3.05) is 11.9 Å². The second-order valence-corrected chi connectivity index (χ2v) is 10.8. The van der Waals surface area contributed by atoms with E-state index in [0.29, 0.717) is 12.0 Å². The van der Waals surface area contributed by atoms with Gasteiger partial charge in [0.25, 0.3) is 5.91 Å². The lowest BCUT2D eigenvalue weighted by molar-refractivity contribution is -0.120. The first-order valence-electron chi connectivity index (χ1n) is 12.6. The molecule has 1 unspecified atom stereocenters. The molecule has 3 N–H and O–H groups in total. The predicted octanol–water partition coefficient (Wildman–Crippen LogP) is 5.42. The van der Waals surface area contributed by atoms with Gasteiger partial charge < -0.3 is 10.6 Å². The fourth-order valence-electron chi connectivity index (χ4n) is 4.07. The molecule has 1 atom stereocenters. The van der Waals surface area contributed by atoms with Crippen LogP contribution in [0.2, 0.25) is 0 Å². The fourth-order valence-corrected chi connectivity index (χ4v) is 5.09. The molecule has 0 aliphatic rings. The van der Waals surface area contributed by atoms with Gasteiger partial charge in [-0.3, -0.25) is 9.59 Å². The van der Waals surface area contributed by atoms with E-state index in [1.54, 1.807) is 42.5 Å². The molecule has 8 heteroatoms. The Bertz CT molecular complexity index is 1500. The van der Waals surface area contributed by atoms with Crippen molar-refractivity contribution in [3.63, 3.8) is 0 Å². The maximum absolute atomic E-state index is 12.9. The Balaban J connectivity index is 1.38. The standard InChI is InChI=1S/C30H31N3O4S/c1-2-3-13-28(29(34)21-31-38(36,37)27-11-5-4-6-12-27)33-30(35)23-15-17-25(18-16-23)32-26-19-14-22-9-7-8-10-24(22)20-26/h4-12,14-20,28,31-32H,2-3,13,21H2,1H3,(H,33,35). The van der Waals surface area contributed by atoms with Gasteiger partial charge in [-0.2, -0.15) is 0 Å². The summed E-state index contributed by atoms with van der Waals surface area (Å²) in [6.07, 6.45) is 1.98. The summed E-state index contributed by atoms with van der Waals surface area (Å²) in [4.78, 5) is 25.9. The lowest BCUT2D eigenvalue weighted by atomic mass is 10.0. The summed E-state index contributed by atoms with van der Waals surface area (Å²) in [6, 6.07) is 28.3. The largest absolute Gasteiger partial charge is 0.356 e. The van der Waals surface area contributed by atoms with E-state index in [1.165, 1.54) is 12.1 Å². The molecule has 0 heterocycles. The molecular weight excluding hydrogens is 498 g/mol. The van der Waals surface area contributed by atoms with Crippen LogP contribution in [0.25, 0.3) is 10.8 Å². The highest BCUT2D eigenvalue weighted by atomic mass is 32.2. The van der Waals surface area contributed by atoms with Crippen LogP contribution in [0.5, 0.6) is 0 Å². The first-order chi connectivity index (χ1) is 18.4. The molecule has 0 aromatic heterocycles. The van der Waals surface area contributed by atoms with Crippen molar-refractivity contribution in [2.24, 2.45) is 0 Å². The highest BCUT2D eigenvalue weighted by Gasteiger charge is 2.23. The minimum Gasteiger partial charge on any atom is -0.356 e. The molecular formula is C30H31N3O4S. The number of fused-ring (bicyclic) bond motifs is 1. The van der Waals surface area contributed by atoms with Crippen molar-refractivity contribution in [1.29, 1.82) is 0 Å². The van der Waals surface area contributed by atoms with E-state index in [2.05, 4.69) is 33.6 Å². The Morgan fingerprint density at radius 3 is 2.16 bits per heavy atom. The van der Waals surface area contributed by atoms with E-state index >= 15 is 0 Å². The molecule has 0 radical (unpaired) electrons. The van der Waals surface area contributed by atoms with Crippen LogP contribution in [-0.2, 0) is 14.8 Å². The van der Waals surface area contributed by atoms with Gasteiger partial charge in [0.1, 0.15) is 0 Å². The first kappa shape index (κ1) is 27.0. The third-order valence-corrected chi connectivity index (χ3v) is 7.63. The van der Waals surface area contributed by atoms with Crippen molar-refractivity contribution in [1.82, 2.24) is 10.0 Å². The van der Waals surface area contributed by atoms with Crippen molar-refractivity contribution in [2.45, 2.75) is 37.1 Å². The van der Waals surface area contributed by atoms with Gasteiger partial charge in [-0.1, -0.05) is 68.3 Å². The second-order valence-electron chi connectivity index (χ2n) is 9.04. The number of benzene rings is 4. The number of hydrogen-bond donors (Lipinski definition) is 3. The van der Waals surface area contributed by atoms with E-state index in [9.17, 15) is 18.0 Å². The second kappa shape index (κ2) is 12.5. The molecule has 38 heavy (non-hydrogen) atoms. The Kier molecular flexibility index (Phi) is 8.89.